The minimum atomic E-state index is 0.0986. The van der Waals surface area contributed by atoms with E-state index in [1.807, 2.05) is 27.9 Å². The number of Topliss-reactive ketones (excluding diaryl/α,β-unsaturated/α-hetero) is 1. The second-order valence-corrected chi connectivity index (χ2v) is 5.94. The lowest BCUT2D eigenvalue weighted by atomic mass is 9.98. The minimum Gasteiger partial charge on any atom is -0.378 e. The van der Waals surface area contributed by atoms with Gasteiger partial charge in [0.05, 0.1) is 0 Å². The van der Waals surface area contributed by atoms with E-state index < -0.39 is 0 Å². The molecule has 0 saturated heterocycles. The standard InChI is InChI=1S/C19H23NO/c1-14(2)19(21)12-15-8-10-16(11-9-15)17-6-5-7-18(13-17)20(3)4/h5-11,13-14H,12H2,1-4H3. The largest absolute Gasteiger partial charge is 0.378 e. The van der Waals surface area contributed by atoms with Crippen LogP contribution in [0.1, 0.15) is 19.4 Å². The average Bonchev–Trinajstić information content (AvgIpc) is 2.48. The van der Waals surface area contributed by atoms with Crippen LogP contribution in [0.15, 0.2) is 48.5 Å². The number of hydrogen-bond acceptors (Lipinski definition) is 2. The fourth-order valence-electron chi connectivity index (χ4n) is 2.18. The zero-order chi connectivity index (χ0) is 15.4. The molecule has 0 saturated carbocycles. The summed E-state index contributed by atoms with van der Waals surface area (Å²) in [5, 5.41) is 0. The lowest BCUT2D eigenvalue weighted by molar-refractivity contribution is -0.121. The molecule has 0 radical (unpaired) electrons. The van der Waals surface area contributed by atoms with Crippen LogP contribution in [0, 0.1) is 5.92 Å². The van der Waals surface area contributed by atoms with Crippen LogP contribution in [0.3, 0.4) is 0 Å². The van der Waals surface area contributed by atoms with E-state index in [0.29, 0.717) is 6.42 Å². The number of anilines is 1. The van der Waals surface area contributed by atoms with Crippen molar-refractivity contribution in [2.45, 2.75) is 20.3 Å². The Morgan fingerprint density at radius 3 is 2.24 bits per heavy atom. The molecule has 0 unspecified atom stereocenters. The first-order valence-electron chi connectivity index (χ1n) is 7.37. The molecule has 0 aliphatic heterocycles. The molecule has 0 heterocycles. The maximum absolute atomic E-state index is 11.8. The molecule has 2 aromatic rings. The van der Waals surface area contributed by atoms with Crippen molar-refractivity contribution in [3.05, 3.63) is 54.1 Å². The number of hydrogen-bond donors (Lipinski definition) is 0. The van der Waals surface area contributed by atoms with E-state index >= 15 is 0 Å². The molecule has 2 aromatic carbocycles. The Hall–Kier alpha value is -2.09. The van der Waals surface area contributed by atoms with Crippen LogP contribution in [0.5, 0.6) is 0 Å². The van der Waals surface area contributed by atoms with Crippen molar-refractivity contribution in [2.24, 2.45) is 5.92 Å². The highest BCUT2D eigenvalue weighted by molar-refractivity contribution is 5.82. The van der Waals surface area contributed by atoms with Crippen molar-refractivity contribution < 1.29 is 4.79 Å². The van der Waals surface area contributed by atoms with Crippen molar-refractivity contribution in [3.8, 4) is 11.1 Å². The third-order valence-corrected chi connectivity index (χ3v) is 3.67. The Balaban J connectivity index is 2.19. The SMILES string of the molecule is CC(C)C(=O)Cc1ccc(-c2cccc(N(C)C)c2)cc1. The zero-order valence-electron chi connectivity index (χ0n) is 13.3. The molecule has 0 aromatic heterocycles. The van der Waals surface area contributed by atoms with Crippen molar-refractivity contribution in [2.75, 3.05) is 19.0 Å². The summed E-state index contributed by atoms with van der Waals surface area (Å²) in [5.41, 5.74) is 4.65. The molecule has 110 valence electrons. The maximum Gasteiger partial charge on any atom is 0.139 e. The molecule has 2 nitrogen and oxygen atoms in total. The third kappa shape index (κ3) is 3.94. The quantitative estimate of drug-likeness (QED) is 0.819. The van der Waals surface area contributed by atoms with Crippen molar-refractivity contribution in [3.63, 3.8) is 0 Å². The summed E-state index contributed by atoms with van der Waals surface area (Å²) in [6.45, 7) is 3.90. The summed E-state index contributed by atoms with van der Waals surface area (Å²) in [7, 11) is 4.08. The normalized spacial score (nSPS) is 10.7. The summed E-state index contributed by atoms with van der Waals surface area (Å²) in [5.74, 6) is 0.388. The van der Waals surface area contributed by atoms with Gasteiger partial charge in [-0.2, -0.15) is 0 Å². The number of carbonyl (C=O) groups is 1. The predicted octanol–water partition coefficient (Wildman–Crippen LogP) is 4.19. The molecule has 2 rings (SSSR count). The van der Waals surface area contributed by atoms with Gasteiger partial charge in [-0.1, -0.05) is 50.2 Å². The molecule has 0 bridgehead atoms. The first-order valence-corrected chi connectivity index (χ1v) is 7.37. The number of benzene rings is 2. The number of nitrogens with zero attached hydrogens (tertiary/aromatic N) is 1. The fourth-order valence-corrected chi connectivity index (χ4v) is 2.18. The summed E-state index contributed by atoms with van der Waals surface area (Å²) in [6, 6.07) is 16.8. The van der Waals surface area contributed by atoms with Gasteiger partial charge in [0.2, 0.25) is 0 Å². The molecule has 0 aliphatic carbocycles. The summed E-state index contributed by atoms with van der Waals surface area (Å²) in [4.78, 5) is 13.9. The van der Waals surface area contributed by atoms with Crippen molar-refractivity contribution in [1.29, 1.82) is 0 Å². The highest BCUT2D eigenvalue weighted by atomic mass is 16.1. The Morgan fingerprint density at radius 2 is 1.67 bits per heavy atom. The van der Waals surface area contributed by atoms with E-state index in [0.717, 1.165) is 5.56 Å². The third-order valence-electron chi connectivity index (χ3n) is 3.67. The minimum absolute atomic E-state index is 0.0986. The molecule has 0 N–H and O–H groups in total. The first-order chi connectivity index (χ1) is 9.97. The maximum atomic E-state index is 11.8. The topological polar surface area (TPSA) is 20.3 Å². The molecular formula is C19H23NO. The van der Waals surface area contributed by atoms with Gasteiger partial charge in [0, 0.05) is 32.1 Å². The summed E-state index contributed by atoms with van der Waals surface area (Å²) >= 11 is 0. The average molecular weight is 281 g/mol. The molecule has 0 atom stereocenters. The van der Waals surface area contributed by atoms with Gasteiger partial charge >= 0.3 is 0 Å². The van der Waals surface area contributed by atoms with Gasteiger partial charge in [-0.25, -0.2) is 0 Å². The van der Waals surface area contributed by atoms with Crippen LogP contribution >= 0.6 is 0 Å². The van der Waals surface area contributed by atoms with E-state index in [1.54, 1.807) is 0 Å². The number of ketones is 1. The monoisotopic (exact) mass is 281 g/mol. The molecule has 0 fully saturated rings. The van der Waals surface area contributed by atoms with Gasteiger partial charge in [-0.05, 0) is 28.8 Å². The lowest BCUT2D eigenvalue weighted by Gasteiger charge is -2.14. The van der Waals surface area contributed by atoms with Gasteiger partial charge in [0.1, 0.15) is 5.78 Å². The van der Waals surface area contributed by atoms with E-state index in [2.05, 4.69) is 53.4 Å². The van der Waals surface area contributed by atoms with Crippen molar-refractivity contribution >= 4 is 11.5 Å². The van der Waals surface area contributed by atoms with E-state index in [9.17, 15) is 4.79 Å². The zero-order valence-corrected chi connectivity index (χ0v) is 13.3. The van der Waals surface area contributed by atoms with Crippen LogP contribution in [-0.2, 0) is 11.2 Å². The molecule has 21 heavy (non-hydrogen) atoms. The Kier molecular flexibility index (Phi) is 4.79. The smallest absolute Gasteiger partial charge is 0.139 e. The van der Waals surface area contributed by atoms with Gasteiger partial charge in [-0.15, -0.1) is 0 Å². The van der Waals surface area contributed by atoms with Gasteiger partial charge in [-0.3, -0.25) is 4.79 Å². The van der Waals surface area contributed by atoms with E-state index in [-0.39, 0.29) is 11.7 Å². The van der Waals surface area contributed by atoms with Gasteiger partial charge in [0.15, 0.2) is 0 Å². The van der Waals surface area contributed by atoms with Crippen molar-refractivity contribution in [1.82, 2.24) is 0 Å². The van der Waals surface area contributed by atoms with Crippen LogP contribution in [-0.4, -0.2) is 19.9 Å². The molecule has 2 heteroatoms. The number of rotatable bonds is 5. The van der Waals surface area contributed by atoms with Crippen LogP contribution in [0.2, 0.25) is 0 Å². The van der Waals surface area contributed by atoms with Gasteiger partial charge < -0.3 is 4.90 Å². The van der Waals surface area contributed by atoms with Crippen LogP contribution < -0.4 is 4.90 Å². The molecular weight excluding hydrogens is 258 g/mol. The second kappa shape index (κ2) is 6.57. The summed E-state index contributed by atoms with van der Waals surface area (Å²) in [6.07, 6.45) is 0.523. The predicted molar refractivity (Wildman–Crippen MR) is 89.8 cm³/mol. The highest BCUT2D eigenvalue weighted by Crippen LogP contribution is 2.24. The molecule has 0 spiro atoms. The van der Waals surface area contributed by atoms with E-state index in [4.69, 9.17) is 0 Å². The van der Waals surface area contributed by atoms with E-state index in [1.165, 1.54) is 16.8 Å². The lowest BCUT2D eigenvalue weighted by Crippen LogP contribution is -2.10. The summed E-state index contributed by atoms with van der Waals surface area (Å²) < 4.78 is 0. The van der Waals surface area contributed by atoms with Crippen LogP contribution in [0.4, 0.5) is 5.69 Å². The highest BCUT2D eigenvalue weighted by Gasteiger charge is 2.08. The van der Waals surface area contributed by atoms with Gasteiger partial charge in [0.25, 0.3) is 0 Å². The van der Waals surface area contributed by atoms with Crippen LogP contribution in [0.25, 0.3) is 11.1 Å². The fraction of sp³-hybridized carbons (Fsp3) is 0.316. The first kappa shape index (κ1) is 15.3. The molecule has 0 aliphatic rings. The second-order valence-electron chi connectivity index (χ2n) is 5.94. The Morgan fingerprint density at radius 1 is 1.00 bits per heavy atom. The molecule has 0 amide bonds. The Bertz CT molecular complexity index is 612. The number of carbonyl (C=O) groups excluding carboxylic acids is 1. The Labute approximate surface area is 127 Å².